The van der Waals surface area contributed by atoms with Crippen LogP contribution in [0.5, 0.6) is 0 Å². The van der Waals surface area contributed by atoms with Gasteiger partial charge in [0.1, 0.15) is 0 Å². The van der Waals surface area contributed by atoms with Crippen LogP contribution in [0.3, 0.4) is 0 Å². The Bertz CT molecular complexity index is 562. The Kier molecular flexibility index (Phi) is 3.58. The van der Waals surface area contributed by atoms with E-state index in [0.29, 0.717) is 11.8 Å². The van der Waals surface area contributed by atoms with Gasteiger partial charge in [0.15, 0.2) is 0 Å². The quantitative estimate of drug-likeness (QED) is 0.883. The maximum atomic E-state index is 5.99. The lowest BCUT2D eigenvalue weighted by atomic mass is 9.93. The van der Waals surface area contributed by atoms with Crippen molar-refractivity contribution in [3.05, 3.63) is 70.2 Å². The van der Waals surface area contributed by atoms with Gasteiger partial charge < -0.3 is 5.32 Å². The minimum atomic E-state index is 0.506. The smallest absolute Gasteiger partial charge is 0.0406 e. The Labute approximate surface area is 119 Å². The summed E-state index contributed by atoms with van der Waals surface area (Å²) in [5.41, 5.74) is 4.34. The van der Waals surface area contributed by atoms with Crippen LogP contribution in [0.4, 0.5) is 0 Å². The summed E-state index contributed by atoms with van der Waals surface area (Å²) >= 11 is 5.99. The molecule has 1 N–H and O–H groups in total. The van der Waals surface area contributed by atoms with Crippen LogP contribution in [0.25, 0.3) is 0 Å². The van der Waals surface area contributed by atoms with Gasteiger partial charge in [-0.2, -0.15) is 0 Å². The van der Waals surface area contributed by atoms with Gasteiger partial charge >= 0.3 is 0 Å². The summed E-state index contributed by atoms with van der Waals surface area (Å²) in [5, 5.41) is 4.12. The van der Waals surface area contributed by atoms with E-state index in [9.17, 15) is 0 Å². The van der Waals surface area contributed by atoms with E-state index >= 15 is 0 Å². The normalized spacial score (nSPS) is 21.4. The first-order chi connectivity index (χ1) is 9.29. The minimum Gasteiger partial charge on any atom is -0.319 e. The zero-order valence-electron chi connectivity index (χ0n) is 11.1. The van der Waals surface area contributed by atoms with Gasteiger partial charge in [0.2, 0.25) is 0 Å². The highest BCUT2D eigenvalue weighted by Crippen LogP contribution is 2.44. The van der Waals surface area contributed by atoms with Crippen molar-refractivity contribution < 1.29 is 0 Å². The molecular formula is C17H18ClN. The second-order valence-electron chi connectivity index (χ2n) is 5.22. The predicted octanol–water partition coefficient (Wildman–Crippen LogP) is 4.18. The molecule has 0 spiro atoms. The lowest BCUT2D eigenvalue weighted by Gasteiger charge is -2.12. The van der Waals surface area contributed by atoms with Crippen molar-refractivity contribution in [2.45, 2.75) is 18.3 Å². The van der Waals surface area contributed by atoms with Gasteiger partial charge in [-0.15, -0.1) is 0 Å². The molecule has 2 aromatic rings. The Balaban J connectivity index is 1.98. The van der Waals surface area contributed by atoms with E-state index in [-0.39, 0.29) is 0 Å². The molecule has 0 aromatic heterocycles. The molecule has 19 heavy (non-hydrogen) atoms. The van der Waals surface area contributed by atoms with E-state index in [0.717, 1.165) is 11.6 Å². The van der Waals surface area contributed by atoms with Crippen LogP contribution in [-0.2, 0) is 0 Å². The third-order valence-corrected chi connectivity index (χ3v) is 4.31. The van der Waals surface area contributed by atoms with Gasteiger partial charge in [0, 0.05) is 17.5 Å². The number of likely N-dealkylation sites (N-methyl/N-ethyl adjacent to an activating group) is 1. The average Bonchev–Trinajstić information content (AvgIpc) is 2.80. The summed E-state index contributed by atoms with van der Waals surface area (Å²) in [5.74, 6) is 1.12. The average molecular weight is 272 g/mol. The summed E-state index contributed by atoms with van der Waals surface area (Å²) in [6.45, 7) is 1.04. The first-order valence-electron chi connectivity index (χ1n) is 6.78. The molecule has 1 aliphatic rings. The fraction of sp³-hybridized carbons (Fsp3) is 0.294. The number of fused-ring (bicyclic) bond motifs is 1. The standard InChI is InChI=1S/C17H18ClN/c1-19-11-13-10-17(12-6-8-14(18)9-7-12)16-5-3-2-4-15(13)16/h2-9,13,17,19H,10-11H2,1H3/t13-,17-/m0/s1. The topological polar surface area (TPSA) is 12.0 Å². The van der Waals surface area contributed by atoms with E-state index in [1.807, 2.05) is 19.2 Å². The predicted molar refractivity (Wildman–Crippen MR) is 81.0 cm³/mol. The van der Waals surface area contributed by atoms with Crippen molar-refractivity contribution in [2.24, 2.45) is 0 Å². The van der Waals surface area contributed by atoms with Gasteiger partial charge in [-0.05, 0) is 48.2 Å². The summed E-state index contributed by atoms with van der Waals surface area (Å²) in [6, 6.07) is 17.1. The zero-order valence-corrected chi connectivity index (χ0v) is 11.8. The first kappa shape index (κ1) is 12.7. The van der Waals surface area contributed by atoms with Gasteiger partial charge in [0.05, 0.1) is 0 Å². The second-order valence-corrected chi connectivity index (χ2v) is 5.66. The molecule has 0 aliphatic heterocycles. The second kappa shape index (κ2) is 5.36. The molecule has 98 valence electrons. The molecule has 0 amide bonds. The third-order valence-electron chi connectivity index (χ3n) is 4.05. The molecule has 3 rings (SSSR count). The fourth-order valence-corrected chi connectivity index (χ4v) is 3.31. The molecule has 0 radical (unpaired) electrons. The molecular weight excluding hydrogens is 254 g/mol. The lowest BCUT2D eigenvalue weighted by Crippen LogP contribution is -2.15. The molecule has 0 unspecified atom stereocenters. The molecule has 2 heteroatoms. The van der Waals surface area contributed by atoms with E-state index in [1.54, 1.807) is 0 Å². The maximum absolute atomic E-state index is 5.99. The number of hydrogen-bond donors (Lipinski definition) is 1. The van der Waals surface area contributed by atoms with Gasteiger partial charge in [-0.3, -0.25) is 0 Å². The highest BCUT2D eigenvalue weighted by molar-refractivity contribution is 6.30. The van der Waals surface area contributed by atoms with Crippen LogP contribution in [0.15, 0.2) is 48.5 Å². The first-order valence-corrected chi connectivity index (χ1v) is 7.16. The van der Waals surface area contributed by atoms with E-state index in [4.69, 9.17) is 11.6 Å². The van der Waals surface area contributed by atoms with Gasteiger partial charge in [-0.25, -0.2) is 0 Å². The van der Waals surface area contributed by atoms with Gasteiger partial charge in [-0.1, -0.05) is 48.0 Å². The SMILES string of the molecule is CNC[C@@H]1C[C@@H](c2ccc(Cl)cc2)c2ccccc21. The molecule has 2 atom stereocenters. The summed E-state index contributed by atoms with van der Waals surface area (Å²) in [6.07, 6.45) is 1.18. The van der Waals surface area contributed by atoms with Crippen molar-refractivity contribution >= 4 is 11.6 Å². The molecule has 0 bridgehead atoms. The highest BCUT2D eigenvalue weighted by Gasteiger charge is 2.30. The van der Waals surface area contributed by atoms with E-state index < -0.39 is 0 Å². The Hall–Kier alpha value is -1.31. The van der Waals surface area contributed by atoms with Crippen LogP contribution < -0.4 is 5.32 Å². The molecule has 0 fully saturated rings. The third kappa shape index (κ3) is 2.41. The van der Waals surface area contributed by atoms with Crippen molar-refractivity contribution in [1.82, 2.24) is 5.32 Å². The molecule has 0 heterocycles. The molecule has 0 saturated heterocycles. The number of benzene rings is 2. The zero-order chi connectivity index (χ0) is 13.2. The molecule has 1 nitrogen and oxygen atoms in total. The van der Waals surface area contributed by atoms with Crippen LogP contribution in [0.1, 0.15) is 34.9 Å². The van der Waals surface area contributed by atoms with E-state index in [2.05, 4.69) is 41.7 Å². The van der Waals surface area contributed by atoms with Crippen molar-refractivity contribution in [3.8, 4) is 0 Å². The monoisotopic (exact) mass is 271 g/mol. The maximum Gasteiger partial charge on any atom is 0.0406 e. The number of rotatable bonds is 3. The largest absolute Gasteiger partial charge is 0.319 e. The molecule has 2 aromatic carbocycles. The minimum absolute atomic E-state index is 0.506. The van der Waals surface area contributed by atoms with E-state index in [1.165, 1.54) is 23.1 Å². The van der Waals surface area contributed by atoms with Crippen LogP contribution in [0.2, 0.25) is 5.02 Å². The Morgan fingerprint density at radius 1 is 1.05 bits per heavy atom. The van der Waals surface area contributed by atoms with Crippen LogP contribution in [-0.4, -0.2) is 13.6 Å². The number of hydrogen-bond acceptors (Lipinski definition) is 1. The number of halogens is 1. The Morgan fingerprint density at radius 2 is 1.74 bits per heavy atom. The van der Waals surface area contributed by atoms with Crippen LogP contribution >= 0.6 is 11.6 Å². The van der Waals surface area contributed by atoms with Crippen molar-refractivity contribution in [2.75, 3.05) is 13.6 Å². The van der Waals surface area contributed by atoms with Crippen molar-refractivity contribution in [1.29, 1.82) is 0 Å². The summed E-state index contributed by atoms with van der Waals surface area (Å²) < 4.78 is 0. The van der Waals surface area contributed by atoms with Crippen molar-refractivity contribution in [3.63, 3.8) is 0 Å². The lowest BCUT2D eigenvalue weighted by molar-refractivity contribution is 0.597. The molecule has 0 saturated carbocycles. The number of nitrogens with one attached hydrogen (secondary N) is 1. The fourth-order valence-electron chi connectivity index (χ4n) is 3.19. The summed E-state index contributed by atoms with van der Waals surface area (Å²) in [4.78, 5) is 0. The van der Waals surface area contributed by atoms with Gasteiger partial charge in [0.25, 0.3) is 0 Å². The molecule has 1 aliphatic carbocycles. The Morgan fingerprint density at radius 3 is 2.42 bits per heavy atom. The van der Waals surface area contributed by atoms with Crippen LogP contribution in [0, 0.1) is 0 Å². The highest BCUT2D eigenvalue weighted by atomic mass is 35.5. The summed E-state index contributed by atoms with van der Waals surface area (Å²) in [7, 11) is 2.03.